The van der Waals surface area contributed by atoms with Crippen LogP contribution in [0.3, 0.4) is 0 Å². The van der Waals surface area contributed by atoms with Gasteiger partial charge in [-0.25, -0.2) is 9.97 Å². The summed E-state index contributed by atoms with van der Waals surface area (Å²) < 4.78 is 0. The van der Waals surface area contributed by atoms with Crippen molar-refractivity contribution in [3.8, 4) is 0 Å². The average molecular weight is 205 g/mol. The van der Waals surface area contributed by atoms with Gasteiger partial charge in [-0.05, 0) is 24.8 Å². The van der Waals surface area contributed by atoms with Crippen molar-refractivity contribution in [2.75, 3.05) is 0 Å². The molecule has 82 valence electrons. The van der Waals surface area contributed by atoms with Gasteiger partial charge in [-0.1, -0.05) is 19.8 Å². The molecule has 1 aromatic heterocycles. The molecule has 0 radical (unpaired) electrons. The van der Waals surface area contributed by atoms with Crippen molar-refractivity contribution in [3.63, 3.8) is 0 Å². The summed E-state index contributed by atoms with van der Waals surface area (Å²) in [5.74, 6) is 2.44. The Kier molecular flexibility index (Phi) is 3.31. The van der Waals surface area contributed by atoms with Crippen LogP contribution in [0.15, 0.2) is 12.3 Å². The molecule has 0 atom stereocenters. The van der Waals surface area contributed by atoms with Crippen LogP contribution >= 0.6 is 0 Å². The minimum absolute atomic E-state index is 0.513. The summed E-state index contributed by atoms with van der Waals surface area (Å²) in [5.41, 5.74) is 6.54. The highest BCUT2D eigenvalue weighted by atomic mass is 14.9. The van der Waals surface area contributed by atoms with E-state index in [-0.39, 0.29) is 0 Å². The lowest BCUT2D eigenvalue weighted by Gasteiger charge is -2.25. The summed E-state index contributed by atoms with van der Waals surface area (Å²) in [6.07, 6.45) is 6.91. The van der Waals surface area contributed by atoms with Gasteiger partial charge in [0.05, 0.1) is 5.69 Å². The molecule has 0 aromatic carbocycles. The zero-order valence-electron chi connectivity index (χ0n) is 9.32. The van der Waals surface area contributed by atoms with Crippen LogP contribution in [0.1, 0.15) is 50.0 Å². The van der Waals surface area contributed by atoms with E-state index >= 15 is 0 Å². The van der Waals surface area contributed by atoms with Crippen LogP contribution in [0.2, 0.25) is 0 Å². The summed E-state index contributed by atoms with van der Waals surface area (Å²) in [6.45, 7) is 2.84. The first-order valence-electron chi connectivity index (χ1n) is 5.81. The second-order valence-electron chi connectivity index (χ2n) is 4.57. The Morgan fingerprint density at radius 1 is 1.33 bits per heavy atom. The first kappa shape index (κ1) is 10.6. The van der Waals surface area contributed by atoms with E-state index in [9.17, 15) is 0 Å². The number of nitrogens with zero attached hydrogens (tertiary/aromatic N) is 2. The van der Waals surface area contributed by atoms with Gasteiger partial charge in [-0.2, -0.15) is 0 Å². The smallest absolute Gasteiger partial charge is 0.131 e. The molecule has 0 unspecified atom stereocenters. The largest absolute Gasteiger partial charge is 0.325 e. The second kappa shape index (κ2) is 4.71. The minimum Gasteiger partial charge on any atom is -0.325 e. The molecule has 0 spiro atoms. The summed E-state index contributed by atoms with van der Waals surface area (Å²) in [5, 5.41) is 0. The Morgan fingerprint density at radius 2 is 2.07 bits per heavy atom. The molecular weight excluding hydrogens is 186 g/mol. The molecule has 1 heterocycles. The molecule has 3 nitrogen and oxygen atoms in total. The van der Waals surface area contributed by atoms with Crippen molar-refractivity contribution >= 4 is 0 Å². The third-order valence-corrected chi connectivity index (χ3v) is 3.32. The molecule has 0 saturated heterocycles. The molecule has 2 rings (SSSR count). The molecule has 1 aliphatic rings. The highest BCUT2D eigenvalue weighted by Crippen LogP contribution is 2.33. The van der Waals surface area contributed by atoms with Crippen LogP contribution in [-0.4, -0.2) is 9.97 Å². The van der Waals surface area contributed by atoms with Crippen molar-refractivity contribution in [1.82, 2.24) is 9.97 Å². The van der Waals surface area contributed by atoms with E-state index in [2.05, 4.69) is 16.9 Å². The Hall–Kier alpha value is -0.960. The lowest BCUT2D eigenvalue weighted by atomic mass is 9.82. The molecule has 1 saturated carbocycles. The number of aromatic nitrogens is 2. The van der Waals surface area contributed by atoms with Crippen molar-refractivity contribution in [2.45, 2.75) is 45.1 Å². The number of hydrogen-bond donors (Lipinski definition) is 1. The van der Waals surface area contributed by atoms with E-state index in [1.165, 1.54) is 25.7 Å². The van der Waals surface area contributed by atoms with Crippen LogP contribution in [0, 0.1) is 5.92 Å². The van der Waals surface area contributed by atoms with Gasteiger partial charge in [0.25, 0.3) is 0 Å². The van der Waals surface area contributed by atoms with E-state index in [0.717, 1.165) is 17.4 Å². The number of rotatable bonds is 2. The molecule has 2 N–H and O–H groups in total. The molecule has 15 heavy (non-hydrogen) atoms. The van der Waals surface area contributed by atoms with Gasteiger partial charge in [-0.3, -0.25) is 0 Å². The van der Waals surface area contributed by atoms with Crippen molar-refractivity contribution in [3.05, 3.63) is 23.8 Å². The Labute approximate surface area is 91.1 Å². The van der Waals surface area contributed by atoms with Gasteiger partial charge in [-0.15, -0.1) is 0 Å². The Morgan fingerprint density at radius 3 is 2.73 bits per heavy atom. The SMILES string of the molecule is CC1CCC(c2nccc(CN)n2)CC1. The molecular formula is C12H19N3. The maximum atomic E-state index is 5.58. The molecule has 1 aromatic rings. The lowest BCUT2D eigenvalue weighted by molar-refractivity contribution is 0.339. The van der Waals surface area contributed by atoms with E-state index in [4.69, 9.17) is 5.73 Å². The van der Waals surface area contributed by atoms with Gasteiger partial charge in [0.15, 0.2) is 0 Å². The van der Waals surface area contributed by atoms with Crippen LogP contribution in [0.25, 0.3) is 0 Å². The molecule has 1 fully saturated rings. The maximum Gasteiger partial charge on any atom is 0.131 e. The predicted octanol–water partition coefficient (Wildman–Crippen LogP) is 2.23. The second-order valence-corrected chi connectivity index (χ2v) is 4.57. The molecule has 0 amide bonds. The van der Waals surface area contributed by atoms with E-state index in [1.807, 2.05) is 12.3 Å². The average Bonchev–Trinajstić information content (AvgIpc) is 2.30. The monoisotopic (exact) mass is 205 g/mol. The number of nitrogens with two attached hydrogens (primary N) is 1. The zero-order chi connectivity index (χ0) is 10.7. The highest BCUT2D eigenvalue weighted by Gasteiger charge is 2.21. The van der Waals surface area contributed by atoms with Gasteiger partial charge < -0.3 is 5.73 Å². The van der Waals surface area contributed by atoms with Gasteiger partial charge in [0.2, 0.25) is 0 Å². The fourth-order valence-electron chi connectivity index (χ4n) is 2.24. The van der Waals surface area contributed by atoms with E-state index in [1.54, 1.807) is 0 Å². The molecule has 0 aliphatic heterocycles. The quantitative estimate of drug-likeness (QED) is 0.805. The topological polar surface area (TPSA) is 51.8 Å². The normalized spacial score (nSPS) is 26.5. The molecule has 1 aliphatic carbocycles. The van der Waals surface area contributed by atoms with Gasteiger partial charge >= 0.3 is 0 Å². The third-order valence-electron chi connectivity index (χ3n) is 3.32. The summed E-state index contributed by atoms with van der Waals surface area (Å²) in [4.78, 5) is 8.87. The standard InChI is InChI=1S/C12H19N3/c1-9-2-4-10(5-3-9)12-14-7-6-11(8-13)15-12/h6-7,9-10H,2-5,8,13H2,1H3. The Bertz CT molecular complexity index is 316. The zero-order valence-corrected chi connectivity index (χ0v) is 9.32. The van der Waals surface area contributed by atoms with Crippen LogP contribution in [0.4, 0.5) is 0 Å². The summed E-state index contributed by atoms with van der Waals surface area (Å²) in [7, 11) is 0. The third kappa shape index (κ3) is 2.53. The van der Waals surface area contributed by atoms with Crippen molar-refractivity contribution in [1.29, 1.82) is 0 Å². The van der Waals surface area contributed by atoms with Gasteiger partial charge in [0.1, 0.15) is 5.82 Å². The van der Waals surface area contributed by atoms with Crippen LogP contribution in [-0.2, 0) is 6.54 Å². The first-order valence-corrected chi connectivity index (χ1v) is 5.81. The first-order chi connectivity index (χ1) is 7.29. The Balaban J connectivity index is 2.08. The molecule has 3 heteroatoms. The predicted molar refractivity (Wildman–Crippen MR) is 60.3 cm³/mol. The summed E-state index contributed by atoms with van der Waals surface area (Å²) in [6, 6.07) is 1.90. The van der Waals surface area contributed by atoms with E-state index < -0.39 is 0 Å². The maximum absolute atomic E-state index is 5.58. The van der Waals surface area contributed by atoms with Crippen LogP contribution in [0.5, 0.6) is 0 Å². The van der Waals surface area contributed by atoms with Gasteiger partial charge in [0, 0.05) is 18.7 Å². The summed E-state index contributed by atoms with van der Waals surface area (Å²) >= 11 is 0. The lowest BCUT2D eigenvalue weighted by Crippen LogP contribution is -2.14. The number of hydrogen-bond acceptors (Lipinski definition) is 3. The van der Waals surface area contributed by atoms with Crippen molar-refractivity contribution in [2.24, 2.45) is 11.7 Å². The highest BCUT2D eigenvalue weighted by molar-refractivity contribution is 5.06. The van der Waals surface area contributed by atoms with Crippen LogP contribution < -0.4 is 5.73 Å². The van der Waals surface area contributed by atoms with Crippen molar-refractivity contribution < 1.29 is 0 Å². The fraction of sp³-hybridized carbons (Fsp3) is 0.667. The minimum atomic E-state index is 0.513. The fourth-order valence-corrected chi connectivity index (χ4v) is 2.24. The molecule has 0 bridgehead atoms. The van der Waals surface area contributed by atoms with E-state index in [0.29, 0.717) is 12.5 Å².